The van der Waals surface area contributed by atoms with E-state index in [9.17, 15) is 13.2 Å². The monoisotopic (exact) mass is 294 g/mol. The normalized spacial score (nSPS) is 15.0. The summed E-state index contributed by atoms with van der Waals surface area (Å²) >= 11 is 0. The minimum absolute atomic E-state index is 0.159. The highest BCUT2D eigenvalue weighted by molar-refractivity contribution is 5.64. The third-order valence-corrected chi connectivity index (χ3v) is 3.13. The summed E-state index contributed by atoms with van der Waals surface area (Å²) in [6.45, 7) is 0. The van der Waals surface area contributed by atoms with Crippen molar-refractivity contribution in [1.82, 2.24) is 4.98 Å². The molecule has 1 fully saturated rings. The maximum absolute atomic E-state index is 12.8. The molecule has 0 saturated heterocycles. The van der Waals surface area contributed by atoms with Crippen LogP contribution < -0.4 is 10.5 Å². The molecule has 0 aliphatic heterocycles. The van der Waals surface area contributed by atoms with E-state index in [1.165, 1.54) is 0 Å². The van der Waals surface area contributed by atoms with E-state index in [0.29, 0.717) is 11.3 Å². The summed E-state index contributed by atoms with van der Waals surface area (Å²) in [6.07, 6.45) is -2.20. The van der Waals surface area contributed by atoms with Gasteiger partial charge in [0.05, 0.1) is 17.4 Å². The Morgan fingerprint density at radius 1 is 1.14 bits per heavy atom. The molecule has 0 unspecified atom stereocenters. The van der Waals surface area contributed by atoms with Gasteiger partial charge in [-0.3, -0.25) is 0 Å². The lowest BCUT2D eigenvalue weighted by Gasteiger charge is -2.11. The van der Waals surface area contributed by atoms with Crippen LogP contribution in [0.2, 0.25) is 0 Å². The Bertz CT molecular complexity index is 666. The number of aromatic nitrogens is 1. The average molecular weight is 294 g/mol. The third-order valence-electron chi connectivity index (χ3n) is 3.13. The lowest BCUT2D eigenvalue weighted by molar-refractivity contribution is -0.137. The molecule has 21 heavy (non-hydrogen) atoms. The Hall–Kier alpha value is -2.24. The minimum Gasteiger partial charge on any atom is -0.490 e. The van der Waals surface area contributed by atoms with Crippen LogP contribution >= 0.6 is 0 Å². The SMILES string of the molecule is Nc1cc(C(F)(F)F)cc(-c2cccc(OC3CC3)c2)n1. The first-order chi connectivity index (χ1) is 9.91. The van der Waals surface area contributed by atoms with Crippen molar-refractivity contribution >= 4 is 5.82 Å². The zero-order chi connectivity index (χ0) is 15.0. The molecule has 2 aromatic rings. The van der Waals surface area contributed by atoms with E-state index in [1.807, 2.05) is 0 Å². The topological polar surface area (TPSA) is 48.1 Å². The first kappa shape index (κ1) is 13.7. The van der Waals surface area contributed by atoms with Crippen molar-refractivity contribution in [3.05, 3.63) is 42.0 Å². The van der Waals surface area contributed by atoms with Gasteiger partial charge in [-0.2, -0.15) is 13.2 Å². The fourth-order valence-corrected chi connectivity index (χ4v) is 1.97. The summed E-state index contributed by atoms with van der Waals surface area (Å²) in [5, 5.41) is 0. The number of halogens is 3. The summed E-state index contributed by atoms with van der Waals surface area (Å²) in [6, 6.07) is 8.69. The fourth-order valence-electron chi connectivity index (χ4n) is 1.97. The molecule has 0 atom stereocenters. The predicted molar refractivity (Wildman–Crippen MR) is 72.7 cm³/mol. The van der Waals surface area contributed by atoms with Gasteiger partial charge in [0.1, 0.15) is 11.6 Å². The number of nitrogen functional groups attached to an aromatic ring is 1. The van der Waals surface area contributed by atoms with Crippen LogP contribution in [-0.2, 0) is 6.18 Å². The molecule has 1 heterocycles. The molecule has 2 N–H and O–H groups in total. The van der Waals surface area contributed by atoms with Crippen LogP contribution in [0.1, 0.15) is 18.4 Å². The molecule has 3 nitrogen and oxygen atoms in total. The van der Waals surface area contributed by atoms with E-state index in [-0.39, 0.29) is 17.6 Å². The van der Waals surface area contributed by atoms with E-state index < -0.39 is 11.7 Å². The van der Waals surface area contributed by atoms with Crippen LogP contribution in [0.3, 0.4) is 0 Å². The number of pyridine rings is 1. The summed E-state index contributed by atoms with van der Waals surface area (Å²) < 4.78 is 44.1. The molecule has 6 heteroatoms. The van der Waals surface area contributed by atoms with Gasteiger partial charge in [-0.1, -0.05) is 12.1 Å². The van der Waals surface area contributed by atoms with E-state index >= 15 is 0 Å². The number of hydrogen-bond acceptors (Lipinski definition) is 3. The lowest BCUT2D eigenvalue weighted by Crippen LogP contribution is -2.07. The van der Waals surface area contributed by atoms with E-state index in [4.69, 9.17) is 10.5 Å². The molecular weight excluding hydrogens is 281 g/mol. The lowest BCUT2D eigenvalue weighted by atomic mass is 10.1. The van der Waals surface area contributed by atoms with Crippen LogP contribution in [-0.4, -0.2) is 11.1 Å². The number of nitrogens with two attached hydrogens (primary N) is 1. The van der Waals surface area contributed by atoms with Crippen molar-refractivity contribution in [3.63, 3.8) is 0 Å². The van der Waals surface area contributed by atoms with E-state index in [0.717, 1.165) is 25.0 Å². The van der Waals surface area contributed by atoms with Gasteiger partial charge in [0.2, 0.25) is 0 Å². The standard InChI is InChI=1S/C15H13F3N2O/c16-15(17,18)10-7-13(20-14(19)8-10)9-2-1-3-12(6-9)21-11-4-5-11/h1-3,6-8,11H,4-5H2,(H2,19,20). The van der Waals surface area contributed by atoms with Crippen molar-refractivity contribution in [2.24, 2.45) is 0 Å². The highest BCUT2D eigenvalue weighted by Crippen LogP contribution is 2.34. The van der Waals surface area contributed by atoms with Gasteiger partial charge in [0.15, 0.2) is 0 Å². The van der Waals surface area contributed by atoms with Gasteiger partial charge in [0, 0.05) is 5.56 Å². The second-order valence-corrected chi connectivity index (χ2v) is 5.01. The van der Waals surface area contributed by atoms with Crippen LogP contribution in [0.25, 0.3) is 11.3 Å². The molecule has 0 bridgehead atoms. The van der Waals surface area contributed by atoms with E-state index in [2.05, 4.69) is 4.98 Å². The Balaban J connectivity index is 1.97. The van der Waals surface area contributed by atoms with Crippen molar-refractivity contribution < 1.29 is 17.9 Å². The number of hydrogen-bond donors (Lipinski definition) is 1. The molecule has 0 amide bonds. The Kier molecular flexibility index (Phi) is 3.23. The third kappa shape index (κ3) is 3.26. The fraction of sp³-hybridized carbons (Fsp3) is 0.267. The summed E-state index contributed by atoms with van der Waals surface area (Å²) in [7, 11) is 0. The molecule has 1 aliphatic carbocycles. The number of benzene rings is 1. The Labute approximate surface area is 119 Å². The Morgan fingerprint density at radius 3 is 2.57 bits per heavy atom. The Morgan fingerprint density at radius 2 is 1.90 bits per heavy atom. The predicted octanol–water partition coefficient (Wildman–Crippen LogP) is 3.89. The molecular formula is C15H13F3N2O. The summed E-state index contributed by atoms with van der Waals surface area (Å²) in [5.74, 6) is 0.473. The number of anilines is 1. The molecule has 0 spiro atoms. The highest BCUT2D eigenvalue weighted by Gasteiger charge is 2.31. The molecule has 1 saturated carbocycles. The zero-order valence-corrected chi connectivity index (χ0v) is 11.0. The molecule has 1 aliphatic rings. The first-order valence-corrected chi connectivity index (χ1v) is 6.54. The van der Waals surface area contributed by atoms with Gasteiger partial charge >= 0.3 is 6.18 Å². The van der Waals surface area contributed by atoms with Gasteiger partial charge in [-0.25, -0.2) is 4.98 Å². The van der Waals surface area contributed by atoms with Crippen LogP contribution in [0.15, 0.2) is 36.4 Å². The maximum atomic E-state index is 12.8. The quantitative estimate of drug-likeness (QED) is 0.934. The number of nitrogens with zero attached hydrogens (tertiary/aromatic N) is 1. The van der Waals surface area contributed by atoms with Gasteiger partial charge < -0.3 is 10.5 Å². The maximum Gasteiger partial charge on any atom is 0.416 e. The number of rotatable bonds is 3. The first-order valence-electron chi connectivity index (χ1n) is 6.54. The molecule has 1 aromatic carbocycles. The number of ether oxygens (including phenoxy) is 1. The highest BCUT2D eigenvalue weighted by atomic mass is 19.4. The summed E-state index contributed by atoms with van der Waals surface area (Å²) in [5.41, 5.74) is 5.40. The van der Waals surface area contributed by atoms with Crippen molar-refractivity contribution in [2.45, 2.75) is 25.1 Å². The van der Waals surface area contributed by atoms with Crippen LogP contribution in [0.5, 0.6) is 5.75 Å². The molecule has 0 radical (unpaired) electrons. The molecule has 3 rings (SSSR count). The van der Waals surface area contributed by atoms with Gasteiger partial charge in [0.25, 0.3) is 0 Å². The second kappa shape index (κ2) is 4.95. The van der Waals surface area contributed by atoms with Crippen LogP contribution in [0.4, 0.5) is 19.0 Å². The van der Waals surface area contributed by atoms with Gasteiger partial charge in [-0.05, 0) is 37.1 Å². The molecule has 1 aromatic heterocycles. The second-order valence-electron chi connectivity index (χ2n) is 5.01. The van der Waals surface area contributed by atoms with Crippen molar-refractivity contribution in [1.29, 1.82) is 0 Å². The largest absolute Gasteiger partial charge is 0.490 e. The van der Waals surface area contributed by atoms with Crippen LogP contribution in [0, 0.1) is 0 Å². The zero-order valence-electron chi connectivity index (χ0n) is 11.0. The van der Waals surface area contributed by atoms with E-state index in [1.54, 1.807) is 24.3 Å². The number of alkyl halides is 3. The van der Waals surface area contributed by atoms with Crippen molar-refractivity contribution in [2.75, 3.05) is 5.73 Å². The summed E-state index contributed by atoms with van der Waals surface area (Å²) in [4.78, 5) is 3.98. The smallest absolute Gasteiger partial charge is 0.416 e. The average Bonchev–Trinajstić information content (AvgIpc) is 3.21. The van der Waals surface area contributed by atoms with Crippen molar-refractivity contribution in [3.8, 4) is 17.0 Å². The minimum atomic E-state index is -4.45. The van der Waals surface area contributed by atoms with Gasteiger partial charge in [-0.15, -0.1) is 0 Å². The molecule has 110 valence electrons.